The van der Waals surface area contributed by atoms with E-state index in [0.717, 1.165) is 25.2 Å². The highest BCUT2D eigenvalue weighted by molar-refractivity contribution is 8.24. The minimum Gasteiger partial charge on any atom is -0.464 e. The minimum absolute atomic E-state index is 0.215. The molecule has 0 aliphatic heterocycles. The predicted octanol–water partition coefficient (Wildman–Crippen LogP) is 4.04. The monoisotopic (exact) mass is 378 g/mol. The SMILES string of the molecule is CCN(CC)CCOC(=O)CCC(C)(C#N)SC(=S)c1ccccc1. The molecule has 0 bridgehead atoms. The summed E-state index contributed by atoms with van der Waals surface area (Å²) in [4.78, 5) is 14.1. The number of nitrogens with zero attached hydrogens (tertiary/aromatic N) is 2. The van der Waals surface area contributed by atoms with E-state index in [1.165, 1.54) is 11.8 Å². The van der Waals surface area contributed by atoms with Crippen molar-refractivity contribution in [2.75, 3.05) is 26.2 Å². The fourth-order valence-electron chi connectivity index (χ4n) is 2.21. The quantitative estimate of drug-likeness (QED) is 0.452. The molecular formula is C19H26N2O2S2. The number of hydrogen-bond acceptors (Lipinski definition) is 6. The number of esters is 1. The maximum Gasteiger partial charge on any atom is 0.305 e. The van der Waals surface area contributed by atoms with Crippen LogP contribution in [0, 0.1) is 11.3 Å². The van der Waals surface area contributed by atoms with Crippen LogP contribution in [-0.4, -0.2) is 46.1 Å². The molecule has 1 rings (SSSR count). The van der Waals surface area contributed by atoms with Gasteiger partial charge in [-0.15, -0.1) is 0 Å². The highest BCUT2D eigenvalue weighted by atomic mass is 32.2. The maximum atomic E-state index is 11.9. The molecule has 0 aromatic heterocycles. The summed E-state index contributed by atoms with van der Waals surface area (Å²) < 4.78 is 5.19. The van der Waals surface area contributed by atoms with Gasteiger partial charge in [0.05, 0.1) is 10.3 Å². The van der Waals surface area contributed by atoms with E-state index in [0.29, 0.717) is 17.2 Å². The number of thiocarbonyl (C=S) groups is 1. The Morgan fingerprint density at radius 3 is 2.52 bits per heavy atom. The van der Waals surface area contributed by atoms with Gasteiger partial charge in [0, 0.05) is 13.0 Å². The van der Waals surface area contributed by atoms with Gasteiger partial charge in [-0.1, -0.05) is 68.2 Å². The smallest absolute Gasteiger partial charge is 0.305 e. The van der Waals surface area contributed by atoms with Gasteiger partial charge in [0.2, 0.25) is 0 Å². The first kappa shape index (κ1) is 21.6. The molecule has 0 spiro atoms. The van der Waals surface area contributed by atoms with Crippen molar-refractivity contribution < 1.29 is 9.53 Å². The summed E-state index contributed by atoms with van der Waals surface area (Å²) >= 11 is 6.76. The van der Waals surface area contributed by atoms with Gasteiger partial charge in [-0.3, -0.25) is 4.79 Å². The van der Waals surface area contributed by atoms with Crippen LogP contribution < -0.4 is 0 Å². The van der Waals surface area contributed by atoms with Crippen LogP contribution in [-0.2, 0) is 9.53 Å². The van der Waals surface area contributed by atoms with Crippen LogP contribution in [0.5, 0.6) is 0 Å². The van der Waals surface area contributed by atoms with Crippen LogP contribution in [0.2, 0.25) is 0 Å². The van der Waals surface area contributed by atoms with Crippen molar-refractivity contribution in [2.45, 2.75) is 38.4 Å². The molecule has 0 radical (unpaired) electrons. The first-order valence-electron chi connectivity index (χ1n) is 8.51. The minimum atomic E-state index is -0.745. The van der Waals surface area contributed by atoms with Crippen LogP contribution in [0.4, 0.5) is 0 Å². The van der Waals surface area contributed by atoms with Crippen molar-refractivity contribution in [3.8, 4) is 6.07 Å². The fourth-order valence-corrected chi connectivity index (χ4v) is 3.81. The van der Waals surface area contributed by atoms with E-state index >= 15 is 0 Å². The van der Waals surface area contributed by atoms with E-state index in [4.69, 9.17) is 17.0 Å². The molecule has 1 unspecified atom stereocenters. The molecule has 0 amide bonds. The van der Waals surface area contributed by atoms with Gasteiger partial charge < -0.3 is 9.64 Å². The number of benzene rings is 1. The number of ether oxygens (including phenoxy) is 1. The third-order valence-corrected chi connectivity index (χ3v) is 5.59. The molecule has 1 aromatic carbocycles. The Hall–Kier alpha value is -1.42. The van der Waals surface area contributed by atoms with Gasteiger partial charge in [0.15, 0.2) is 0 Å². The number of nitriles is 1. The Bertz CT molecular complexity index is 597. The molecule has 0 fully saturated rings. The highest BCUT2D eigenvalue weighted by Gasteiger charge is 2.28. The van der Waals surface area contributed by atoms with Crippen LogP contribution >= 0.6 is 24.0 Å². The molecule has 4 nitrogen and oxygen atoms in total. The average Bonchev–Trinajstić information content (AvgIpc) is 2.64. The van der Waals surface area contributed by atoms with E-state index in [2.05, 4.69) is 24.8 Å². The lowest BCUT2D eigenvalue weighted by Crippen LogP contribution is -2.28. The Kier molecular flexibility index (Phi) is 9.73. The summed E-state index contributed by atoms with van der Waals surface area (Å²) in [5.41, 5.74) is 0.922. The van der Waals surface area contributed by atoms with E-state index in [1.54, 1.807) is 0 Å². The summed E-state index contributed by atoms with van der Waals surface area (Å²) in [7, 11) is 0. The van der Waals surface area contributed by atoms with E-state index in [1.807, 2.05) is 37.3 Å². The van der Waals surface area contributed by atoms with Gasteiger partial charge in [-0.25, -0.2) is 0 Å². The fraction of sp³-hybridized carbons (Fsp3) is 0.526. The lowest BCUT2D eigenvalue weighted by molar-refractivity contribution is -0.144. The summed E-state index contributed by atoms with van der Waals surface area (Å²) in [5, 5.41) is 9.52. The van der Waals surface area contributed by atoms with E-state index in [-0.39, 0.29) is 12.4 Å². The van der Waals surface area contributed by atoms with Crippen LogP contribution in [0.3, 0.4) is 0 Å². The lowest BCUT2D eigenvalue weighted by Gasteiger charge is -2.21. The number of carbonyl (C=O) groups excluding carboxylic acids is 1. The topological polar surface area (TPSA) is 53.3 Å². The van der Waals surface area contributed by atoms with Gasteiger partial charge in [-0.05, 0) is 32.0 Å². The van der Waals surface area contributed by atoms with Crippen molar-refractivity contribution in [3.05, 3.63) is 35.9 Å². The molecule has 0 heterocycles. The number of likely N-dealkylation sites (N-methyl/N-ethyl adjacent to an activating group) is 1. The third kappa shape index (κ3) is 8.00. The van der Waals surface area contributed by atoms with Gasteiger partial charge in [0.1, 0.15) is 11.4 Å². The van der Waals surface area contributed by atoms with E-state index < -0.39 is 4.75 Å². The molecule has 6 heteroatoms. The molecule has 1 aromatic rings. The summed E-state index contributed by atoms with van der Waals surface area (Å²) in [6.45, 7) is 8.98. The van der Waals surface area contributed by atoms with Crippen LogP contribution in [0.25, 0.3) is 0 Å². The Labute approximate surface area is 160 Å². The first-order valence-corrected chi connectivity index (χ1v) is 9.74. The molecule has 0 N–H and O–H groups in total. The Morgan fingerprint density at radius 2 is 1.96 bits per heavy atom. The van der Waals surface area contributed by atoms with Crippen LogP contribution in [0.1, 0.15) is 39.2 Å². The largest absolute Gasteiger partial charge is 0.464 e. The zero-order valence-electron chi connectivity index (χ0n) is 15.2. The summed E-state index contributed by atoms with van der Waals surface area (Å²) in [5.74, 6) is -0.264. The second-order valence-corrected chi connectivity index (χ2v) is 8.03. The molecule has 25 heavy (non-hydrogen) atoms. The lowest BCUT2D eigenvalue weighted by atomic mass is 10.1. The zero-order valence-corrected chi connectivity index (χ0v) is 16.8. The summed E-state index contributed by atoms with van der Waals surface area (Å²) in [6.07, 6.45) is 0.623. The van der Waals surface area contributed by atoms with Gasteiger partial charge >= 0.3 is 5.97 Å². The van der Waals surface area contributed by atoms with Crippen molar-refractivity contribution >= 4 is 34.1 Å². The number of carbonyl (C=O) groups is 1. The summed E-state index contributed by atoms with van der Waals surface area (Å²) in [6, 6.07) is 11.9. The van der Waals surface area contributed by atoms with Gasteiger partial charge in [0.25, 0.3) is 0 Å². The van der Waals surface area contributed by atoms with Crippen molar-refractivity contribution in [1.82, 2.24) is 4.90 Å². The molecule has 0 aliphatic rings. The van der Waals surface area contributed by atoms with Crippen LogP contribution in [0.15, 0.2) is 30.3 Å². The van der Waals surface area contributed by atoms with Crippen molar-refractivity contribution in [3.63, 3.8) is 0 Å². The standard InChI is InChI=1S/C19H26N2O2S2/c1-4-21(5-2)13-14-23-17(22)11-12-19(3,15-20)25-18(24)16-9-7-6-8-10-16/h6-10H,4-5,11-14H2,1-3H3. The molecule has 0 aliphatic carbocycles. The molecule has 0 saturated heterocycles. The number of rotatable bonds is 10. The van der Waals surface area contributed by atoms with Crippen molar-refractivity contribution in [1.29, 1.82) is 5.26 Å². The predicted molar refractivity (Wildman–Crippen MR) is 108 cm³/mol. The average molecular weight is 379 g/mol. The number of thioether (sulfide) groups is 1. The number of hydrogen-bond donors (Lipinski definition) is 0. The Morgan fingerprint density at radius 1 is 1.32 bits per heavy atom. The maximum absolute atomic E-state index is 11.9. The normalized spacial score (nSPS) is 13.1. The third-order valence-electron chi connectivity index (χ3n) is 3.94. The molecular weight excluding hydrogens is 352 g/mol. The molecule has 136 valence electrons. The van der Waals surface area contributed by atoms with Gasteiger partial charge in [-0.2, -0.15) is 5.26 Å². The van der Waals surface area contributed by atoms with E-state index in [9.17, 15) is 10.1 Å². The van der Waals surface area contributed by atoms with Crippen molar-refractivity contribution in [2.24, 2.45) is 0 Å². The second kappa shape index (κ2) is 11.2. The second-order valence-electron chi connectivity index (χ2n) is 5.85. The molecule has 0 saturated carbocycles. The highest BCUT2D eigenvalue weighted by Crippen LogP contribution is 2.33. The zero-order chi connectivity index (χ0) is 18.7. The first-order chi connectivity index (χ1) is 11.9. The molecule has 1 atom stereocenters. The Balaban J connectivity index is 2.45.